The van der Waals surface area contributed by atoms with Crippen LogP contribution in [0.3, 0.4) is 0 Å². The number of rotatable bonds is 4. The lowest BCUT2D eigenvalue weighted by molar-refractivity contribution is -0.134. The van der Waals surface area contributed by atoms with E-state index in [1.54, 1.807) is 0 Å². The molecule has 1 N–H and O–H groups in total. The van der Waals surface area contributed by atoms with Crippen molar-refractivity contribution < 1.29 is 4.79 Å². The quantitative estimate of drug-likeness (QED) is 0.935. The molecule has 2 atom stereocenters. The van der Waals surface area contributed by atoms with Crippen molar-refractivity contribution in [1.29, 1.82) is 0 Å². The zero-order chi connectivity index (χ0) is 17.3. The molecule has 6 heteroatoms. The normalized spacial score (nSPS) is 17.9. The van der Waals surface area contributed by atoms with Crippen molar-refractivity contribution in [3.05, 3.63) is 29.2 Å². The number of carbonyl (C=O) groups is 1. The van der Waals surface area contributed by atoms with Crippen molar-refractivity contribution in [2.45, 2.75) is 59.0 Å². The highest BCUT2D eigenvalue weighted by atomic mass is 16.2. The fourth-order valence-corrected chi connectivity index (χ4v) is 3.53. The predicted molar refractivity (Wildman–Crippen MR) is 93.9 cm³/mol. The molecule has 0 bridgehead atoms. The van der Waals surface area contributed by atoms with E-state index < -0.39 is 0 Å². The number of nitrogens with one attached hydrogen (secondary N) is 1. The van der Waals surface area contributed by atoms with Gasteiger partial charge in [-0.15, -0.1) is 0 Å². The van der Waals surface area contributed by atoms with Crippen molar-refractivity contribution in [2.75, 3.05) is 13.1 Å². The van der Waals surface area contributed by atoms with Crippen LogP contribution in [0.15, 0.2) is 12.3 Å². The summed E-state index contributed by atoms with van der Waals surface area (Å²) in [6.07, 6.45) is 5.36. The monoisotopic (exact) mass is 329 g/mol. The maximum absolute atomic E-state index is 12.6. The van der Waals surface area contributed by atoms with Crippen LogP contribution >= 0.6 is 0 Å². The summed E-state index contributed by atoms with van der Waals surface area (Å²) >= 11 is 0. The molecule has 2 aromatic rings. The van der Waals surface area contributed by atoms with Gasteiger partial charge in [0.1, 0.15) is 0 Å². The van der Waals surface area contributed by atoms with Crippen LogP contribution in [0.1, 0.15) is 56.1 Å². The van der Waals surface area contributed by atoms with Crippen molar-refractivity contribution in [3.63, 3.8) is 0 Å². The molecule has 24 heavy (non-hydrogen) atoms. The minimum Gasteiger partial charge on any atom is -0.341 e. The number of likely N-dealkylation sites (tertiary alicyclic amines) is 1. The molecule has 6 nitrogen and oxygen atoms in total. The summed E-state index contributed by atoms with van der Waals surface area (Å²) in [5.74, 6) is 0.197. The number of hydrogen-bond acceptors (Lipinski definition) is 4. The SMILES string of the molecule is Cc1cc2ncc([C@H](C)N[C@@H](C)C(=O)N3CCCCC3)c(C)n2n1. The van der Waals surface area contributed by atoms with Crippen molar-refractivity contribution in [3.8, 4) is 0 Å². The van der Waals surface area contributed by atoms with Gasteiger partial charge in [-0.2, -0.15) is 5.10 Å². The highest BCUT2D eigenvalue weighted by molar-refractivity contribution is 5.81. The first-order chi connectivity index (χ1) is 11.5. The number of aryl methyl sites for hydroxylation is 2. The Hall–Kier alpha value is -1.95. The number of aromatic nitrogens is 3. The number of hydrogen-bond donors (Lipinski definition) is 1. The van der Waals surface area contributed by atoms with Crippen LogP contribution in [-0.4, -0.2) is 44.5 Å². The van der Waals surface area contributed by atoms with E-state index in [0.717, 1.165) is 48.5 Å². The van der Waals surface area contributed by atoms with Gasteiger partial charge >= 0.3 is 0 Å². The lowest BCUT2D eigenvalue weighted by Gasteiger charge is -2.30. The molecule has 3 rings (SSSR count). The van der Waals surface area contributed by atoms with Crippen LogP contribution in [-0.2, 0) is 4.79 Å². The van der Waals surface area contributed by atoms with Gasteiger partial charge in [0.25, 0.3) is 0 Å². The summed E-state index contributed by atoms with van der Waals surface area (Å²) in [4.78, 5) is 19.1. The van der Waals surface area contributed by atoms with Crippen molar-refractivity contribution >= 4 is 11.6 Å². The molecule has 3 heterocycles. The molecule has 1 amide bonds. The smallest absolute Gasteiger partial charge is 0.239 e. The number of carbonyl (C=O) groups excluding carboxylic acids is 1. The average Bonchev–Trinajstić information content (AvgIpc) is 2.96. The summed E-state index contributed by atoms with van der Waals surface area (Å²) in [5.41, 5.74) is 3.95. The topological polar surface area (TPSA) is 62.5 Å². The number of piperidine rings is 1. The Morgan fingerprint density at radius 3 is 2.62 bits per heavy atom. The fraction of sp³-hybridized carbons (Fsp3) is 0.611. The van der Waals surface area contributed by atoms with E-state index in [1.807, 2.05) is 42.4 Å². The molecular formula is C18H27N5O. The van der Waals surface area contributed by atoms with Crippen LogP contribution in [0.5, 0.6) is 0 Å². The first-order valence-corrected chi connectivity index (χ1v) is 8.84. The van der Waals surface area contributed by atoms with E-state index in [0.29, 0.717) is 0 Å². The molecule has 0 aromatic carbocycles. The summed E-state index contributed by atoms with van der Waals surface area (Å²) in [6, 6.07) is 1.81. The van der Waals surface area contributed by atoms with E-state index >= 15 is 0 Å². The summed E-state index contributed by atoms with van der Waals surface area (Å²) in [5, 5.41) is 7.93. The first kappa shape index (κ1) is 16.9. The van der Waals surface area contributed by atoms with Crippen LogP contribution in [0, 0.1) is 13.8 Å². The second-order valence-electron chi connectivity index (χ2n) is 6.85. The second kappa shape index (κ2) is 6.89. The Labute approximate surface area is 143 Å². The van der Waals surface area contributed by atoms with E-state index in [4.69, 9.17) is 0 Å². The third kappa shape index (κ3) is 3.29. The molecule has 2 aromatic heterocycles. The highest BCUT2D eigenvalue weighted by Gasteiger charge is 2.24. The van der Waals surface area contributed by atoms with Gasteiger partial charge < -0.3 is 4.90 Å². The fourth-order valence-electron chi connectivity index (χ4n) is 3.53. The molecule has 1 saturated heterocycles. The largest absolute Gasteiger partial charge is 0.341 e. The summed E-state index contributed by atoms with van der Waals surface area (Å²) < 4.78 is 1.87. The van der Waals surface area contributed by atoms with Gasteiger partial charge in [0, 0.05) is 42.7 Å². The van der Waals surface area contributed by atoms with Gasteiger partial charge in [-0.1, -0.05) is 0 Å². The van der Waals surface area contributed by atoms with Gasteiger partial charge in [-0.3, -0.25) is 10.1 Å². The number of amides is 1. The third-order valence-electron chi connectivity index (χ3n) is 4.89. The van der Waals surface area contributed by atoms with Crippen LogP contribution in [0.25, 0.3) is 5.65 Å². The van der Waals surface area contributed by atoms with Crippen molar-refractivity contribution in [1.82, 2.24) is 24.8 Å². The number of fused-ring (bicyclic) bond motifs is 1. The van der Waals surface area contributed by atoms with Crippen LogP contribution < -0.4 is 5.32 Å². The predicted octanol–water partition coefficient (Wildman–Crippen LogP) is 2.40. The van der Waals surface area contributed by atoms with E-state index in [9.17, 15) is 4.79 Å². The van der Waals surface area contributed by atoms with Crippen LogP contribution in [0.4, 0.5) is 0 Å². The molecule has 1 aliphatic rings. The molecule has 0 saturated carbocycles. The molecule has 1 aliphatic heterocycles. The molecule has 0 aliphatic carbocycles. The van der Waals surface area contributed by atoms with Gasteiger partial charge in [0.15, 0.2) is 5.65 Å². The highest BCUT2D eigenvalue weighted by Crippen LogP contribution is 2.19. The maximum atomic E-state index is 12.6. The first-order valence-electron chi connectivity index (χ1n) is 8.84. The Morgan fingerprint density at radius 1 is 1.21 bits per heavy atom. The zero-order valence-electron chi connectivity index (χ0n) is 15.0. The van der Waals surface area contributed by atoms with Gasteiger partial charge in [0.05, 0.1) is 11.7 Å². The van der Waals surface area contributed by atoms with E-state index in [-0.39, 0.29) is 18.0 Å². The van der Waals surface area contributed by atoms with Gasteiger partial charge in [-0.05, 0) is 47.0 Å². The van der Waals surface area contributed by atoms with E-state index in [2.05, 4.69) is 22.3 Å². The molecule has 1 fully saturated rings. The maximum Gasteiger partial charge on any atom is 0.239 e. The van der Waals surface area contributed by atoms with Gasteiger partial charge in [0.2, 0.25) is 5.91 Å². The van der Waals surface area contributed by atoms with E-state index in [1.165, 1.54) is 6.42 Å². The number of nitrogens with zero attached hydrogens (tertiary/aromatic N) is 4. The summed E-state index contributed by atoms with van der Waals surface area (Å²) in [6.45, 7) is 9.82. The molecule has 0 unspecified atom stereocenters. The molecule has 0 spiro atoms. The Kier molecular flexibility index (Phi) is 4.85. The Bertz CT molecular complexity index is 732. The van der Waals surface area contributed by atoms with Crippen LogP contribution in [0.2, 0.25) is 0 Å². The lowest BCUT2D eigenvalue weighted by Crippen LogP contribution is -2.47. The third-order valence-corrected chi connectivity index (χ3v) is 4.89. The van der Waals surface area contributed by atoms with Gasteiger partial charge in [-0.25, -0.2) is 9.50 Å². The lowest BCUT2D eigenvalue weighted by atomic mass is 10.1. The molecular weight excluding hydrogens is 302 g/mol. The minimum atomic E-state index is -0.201. The average molecular weight is 329 g/mol. The second-order valence-corrected chi connectivity index (χ2v) is 6.85. The Balaban J connectivity index is 1.73. The summed E-state index contributed by atoms with van der Waals surface area (Å²) in [7, 11) is 0. The van der Waals surface area contributed by atoms with Crippen molar-refractivity contribution in [2.24, 2.45) is 0 Å². The molecule has 130 valence electrons. The zero-order valence-corrected chi connectivity index (χ0v) is 15.0. The minimum absolute atomic E-state index is 0.0372. The molecule has 0 radical (unpaired) electrons. The standard InChI is InChI=1S/C18H27N5O/c1-12-10-17-19-11-16(15(4)23(17)21-12)13(2)20-14(3)18(24)22-8-6-5-7-9-22/h10-11,13-14,20H,5-9H2,1-4H3/t13-,14-/m0/s1. The Morgan fingerprint density at radius 2 is 1.92 bits per heavy atom.